The largest absolute Gasteiger partial charge is 0.507 e. The maximum Gasteiger partial charge on any atom is 0.219 e. The lowest BCUT2D eigenvalue weighted by Gasteiger charge is -2.28. The zero-order valence-electron chi connectivity index (χ0n) is 20.6. The number of rotatable bonds is 8. The summed E-state index contributed by atoms with van der Waals surface area (Å²) in [5.74, 6) is 1.05. The van der Waals surface area contributed by atoms with Gasteiger partial charge in [0.1, 0.15) is 17.3 Å². The molecule has 1 heterocycles. The van der Waals surface area contributed by atoms with Crippen LogP contribution in [-0.4, -0.2) is 47.6 Å². The Morgan fingerprint density at radius 1 is 1.09 bits per heavy atom. The number of aromatic hydroxyl groups is 1. The molecule has 0 bridgehead atoms. The number of phenols is 1. The minimum Gasteiger partial charge on any atom is -0.507 e. The zero-order valence-corrected chi connectivity index (χ0v) is 20.6. The predicted molar refractivity (Wildman–Crippen MR) is 135 cm³/mol. The van der Waals surface area contributed by atoms with Crippen molar-refractivity contribution >= 4 is 5.91 Å². The highest BCUT2D eigenvalue weighted by molar-refractivity contribution is 5.73. The lowest BCUT2D eigenvalue weighted by Crippen LogP contribution is -2.35. The fourth-order valence-electron chi connectivity index (χ4n) is 4.91. The number of nitrogens with zero attached hydrogens (tertiary/aromatic N) is 2. The van der Waals surface area contributed by atoms with Gasteiger partial charge in [-0.15, -0.1) is 0 Å². The van der Waals surface area contributed by atoms with Gasteiger partial charge < -0.3 is 14.7 Å². The fourth-order valence-corrected chi connectivity index (χ4v) is 4.91. The van der Waals surface area contributed by atoms with E-state index in [0.29, 0.717) is 25.4 Å². The highest BCUT2D eigenvalue weighted by Crippen LogP contribution is 2.36. The van der Waals surface area contributed by atoms with Crippen LogP contribution in [0.1, 0.15) is 35.1 Å². The predicted octanol–water partition coefficient (Wildman–Crippen LogP) is 5.11. The molecule has 6 heteroatoms. The van der Waals surface area contributed by atoms with Gasteiger partial charge in [0.15, 0.2) is 0 Å². The minimum absolute atomic E-state index is 0.00299. The molecule has 2 atom stereocenters. The zero-order chi connectivity index (χ0) is 24.9. The number of ether oxygens (including phenoxy) is 1. The third-order valence-electron chi connectivity index (χ3n) is 6.90. The first-order valence-corrected chi connectivity index (χ1v) is 12.0. The van der Waals surface area contributed by atoms with Crippen molar-refractivity contribution in [2.75, 3.05) is 26.7 Å². The number of methoxy groups -OCH3 is 1. The summed E-state index contributed by atoms with van der Waals surface area (Å²) in [6.45, 7) is 6.98. The average molecular weight is 477 g/mol. The summed E-state index contributed by atoms with van der Waals surface area (Å²) in [5, 5.41) is 10.5. The molecular weight excluding hydrogens is 443 g/mol. The van der Waals surface area contributed by atoms with E-state index in [0.717, 1.165) is 24.2 Å². The number of carbonyl (C=O) groups is 1. The van der Waals surface area contributed by atoms with Crippen molar-refractivity contribution in [1.29, 1.82) is 0 Å². The second kappa shape index (κ2) is 10.9. The molecule has 1 amide bonds. The Bertz CT molecular complexity index is 1150. The molecule has 5 nitrogen and oxygen atoms in total. The third-order valence-corrected chi connectivity index (χ3v) is 6.90. The van der Waals surface area contributed by atoms with Gasteiger partial charge in [-0.3, -0.25) is 9.69 Å². The third kappa shape index (κ3) is 6.20. The summed E-state index contributed by atoms with van der Waals surface area (Å²) in [6.07, 6.45) is 0. The normalized spacial score (nSPS) is 17.9. The molecule has 0 radical (unpaired) electrons. The van der Waals surface area contributed by atoms with Gasteiger partial charge in [0.25, 0.3) is 0 Å². The van der Waals surface area contributed by atoms with Gasteiger partial charge in [-0.25, -0.2) is 4.39 Å². The van der Waals surface area contributed by atoms with Gasteiger partial charge in [0, 0.05) is 57.2 Å². The quantitative estimate of drug-likeness (QED) is 0.491. The number of amides is 1. The van der Waals surface area contributed by atoms with E-state index in [9.17, 15) is 14.3 Å². The van der Waals surface area contributed by atoms with Crippen molar-refractivity contribution in [3.8, 4) is 11.5 Å². The van der Waals surface area contributed by atoms with Crippen LogP contribution in [0.4, 0.5) is 4.39 Å². The highest BCUT2D eigenvalue weighted by atomic mass is 19.1. The number of carbonyl (C=O) groups excluding carboxylic acids is 1. The van der Waals surface area contributed by atoms with Gasteiger partial charge in [-0.2, -0.15) is 0 Å². The van der Waals surface area contributed by atoms with Gasteiger partial charge in [0.05, 0.1) is 7.11 Å². The monoisotopic (exact) mass is 476 g/mol. The van der Waals surface area contributed by atoms with Crippen LogP contribution in [0.2, 0.25) is 0 Å². The van der Waals surface area contributed by atoms with E-state index >= 15 is 0 Å². The van der Waals surface area contributed by atoms with E-state index in [4.69, 9.17) is 4.74 Å². The Balaban J connectivity index is 1.54. The minimum atomic E-state index is -0.282. The van der Waals surface area contributed by atoms with Crippen LogP contribution >= 0.6 is 0 Å². The molecule has 1 aliphatic rings. The first-order valence-electron chi connectivity index (χ1n) is 12.0. The van der Waals surface area contributed by atoms with Crippen LogP contribution in [-0.2, 0) is 17.9 Å². The van der Waals surface area contributed by atoms with E-state index < -0.39 is 0 Å². The van der Waals surface area contributed by atoms with Crippen molar-refractivity contribution in [3.63, 3.8) is 0 Å². The molecule has 0 unspecified atom stereocenters. The van der Waals surface area contributed by atoms with E-state index in [1.54, 1.807) is 32.2 Å². The lowest BCUT2D eigenvalue weighted by molar-refractivity contribution is -0.130. The van der Waals surface area contributed by atoms with Gasteiger partial charge in [-0.1, -0.05) is 48.0 Å². The molecule has 0 saturated carbocycles. The smallest absolute Gasteiger partial charge is 0.219 e. The summed E-state index contributed by atoms with van der Waals surface area (Å²) in [6, 6.07) is 20.4. The molecule has 0 spiro atoms. The van der Waals surface area contributed by atoms with Gasteiger partial charge in [-0.05, 0) is 42.2 Å². The molecule has 184 valence electrons. The van der Waals surface area contributed by atoms with Crippen LogP contribution in [0.15, 0.2) is 66.7 Å². The standard InChI is InChI=1S/C29H33FN2O3/c1-20-4-8-23(9-5-20)28-19-31(16-24-10-13-27(35-3)14-29(24)34)17-25(28)18-32(21(2)33)15-22-6-11-26(30)12-7-22/h4-14,25,28,34H,15-19H2,1-3H3/t25-,28+/m0/s1. The molecule has 4 rings (SSSR count). The molecular formula is C29H33FN2O3. The maximum absolute atomic E-state index is 13.4. The number of likely N-dealkylation sites (tertiary alicyclic amines) is 1. The number of hydrogen-bond acceptors (Lipinski definition) is 4. The number of benzene rings is 3. The first-order chi connectivity index (χ1) is 16.8. The molecule has 0 aliphatic carbocycles. The molecule has 3 aromatic carbocycles. The second-order valence-electron chi connectivity index (χ2n) is 9.49. The van der Waals surface area contributed by atoms with Crippen molar-refractivity contribution in [1.82, 2.24) is 9.80 Å². The summed E-state index contributed by atoms with van der Waals surface area (Å²) >= 11 is 0. The van der Waals surface area contributed by atoms with E-state index in [1.165, 1.54) is 23.3 Å². The van der Waals surface area contributed by atoms with E-state index in [1.807, 2.05) is 17.0 Å². The summed E-state index contributed by atoms with van der Waals surface area (Å²) in [5.41, 5.74) is 4.23. The van der Waals surface area contributed by atoms with Gasteiger partial charge in [0.2, 0.25) is 5.91 Å². The Kier molecular flexibility index (Phi) is 7.71. The topological polar surface area (TPSA) is 53.0 Å². The Morgan fingerprint density at radius 3 is 2.43 bits per heavy atom. The van der Waals surface area contributed by atoms with Crippen molar-refractivity contribution in [2.24, 2.45) is 5.92 Å². The number of halogens is 1. The van der Waals surface area contributed by atoms with Crippen LogP contribution in [0.25, 0.3) is 0 Å². The average Bonchev–Trinajstić information content (AvgIpc) is 3.23. The first kappa shape index (κ1) is 24.7. The molecule has 1 fully saturated rings. The summed E-state index contributed by atoms with van der Waals surface area (Å²) < 4.78 is 18.6. The molecule has 1 saturated heterocycles. The van der Waals surface area contributed by atoms with Crippen LogP contribution < -0.4 is 4.74 Å². The lowest BCUT2D eigenvalue weighted by atomic mass is 9.88. The Hall–Kier alpha value is -3.38. The van der Waals surface area contributed by atoms with Crippen LogP contribution in [0, 0.1) is 18.7 Å². The number of phenolic OH excluding ortho intramolecular Hbond substituents is 1. The van der Waals surface area contributed by atoms with Crippen LogP contribution in [0.5, 0.6) is 11.5 Å². The Morgan fingerprint density at radius 2 is 1.80 bits per heavy atom. The van der Waals surface area contributed by atoms with Crippen molar-refractivity contribution in [2.45, 2.75) is 32.9 Å². The summed E-state index contributed by atoms with van der Waals surface area (Å²) in [4.78, 5) is 16.8. The van der Waals surface area contributed by atoms with Crippen LogP contribution in [0.3, 0.4) is 0 Å². The Labute approximate surface area is 206 Å². The SMILES string of the molecule is COc1ccc(CN2C[C@@H](CN(Cc3ccc(F)cc3)C(C)=O)[C@@H](c3ccc(C)cc3)C2)c(O)c1. The van der Waals surface area contributed by atoms with E-state index in [-0.39, 0.29) is 29.3 Å². The second-order valence-corrected chi connectivity index (χ2v) is 9.49. The molecule has 3 aromatic rings. The molecule has 35 heavy (non-hydrogen) atoms. The molecule has 1 aliphatic heterocycles. The van der Waals surface area contributed by atoms with Crippen molar-refractivity contribution < 1.29 is 19.0 Å². The molecule has 0 aromatic heterocycles. The van der Waals surface area contributed by atoms with E-state index in [2.05, 4.69) is 36.1 Å². The van der Waals surface area contributed by atoms with Gasteiger partial charge >= 0.3 is 0 Å². The number of hydrogen-bond donors (Lipinski definition) is 1. The molecule has 1 N–H and O–H groups in total. The highest BCUT2D eigenvalue weighted by Gasteiger charge is 2.35. The summed E-state index contributed by atoms with van der Waals surface area (Å²) in [7, 11) is 1.58. The fraction of sp³-hybridized carbons (Fsp3) is 0.345. The number of aryl methyl sites for hydroxylation is 1. The van der Waals surface area contributed by atoms with Crippen molar-refractivity contribution in [3.05, 3.63) is 94.8 Å². The maximum atomic E-state index is 13.4.